The van der Waals surface area contributed by atoms with Gasteiger partial charge in [0.15, 0.2) is 6.10 Å². The van der Waals surface area contributed by atoms with Crippen LogP contribution in [0.3, 0.4) is 0 Å². The van der Waals surface area contributed by atoms with Gasteiger partial charge < -0.3 is 4.74 Å². The second-order valence-corrected chi connectivity index (χ2v) is 7.16. The molecule has 4 aromatic carbocycles. The maximum Gasteiger partial charge on any atom is 0.279 e. The highest BCUT2D eigenvalue weighted by Crippen LogP contribution is 2.21. The number of benzene rings is 4. The fourth-order valence-electron chi connectivity index (χ4n) is 3.31. The first-order valence-electron chi connectivity index (χ1n) is 9.80. The van der Waals surface area contributed by atoms with Crippen molar-refractivity contribution in [2.24, 2.45) is 0 Å². The number of ether oxygens (including phenoxy) is 1. The number of amides is 2. The van der Waals surface area contributed by atoms with Crippen LogP contribution in [-0.4, -0.2) is 17.9 Å². The molecule has 2 N–H and O–H groups in total. The van der Waals surface area contributed by atoms with E-state index in [1.807, 2.05) is 84.9 Å². The third-order valence-electron chi connectivity index (χ3n) is 4.91. The molecule has 1 unspecified atom stereocenters. The van der Waals surface area contributed by atoms with E-state index in [0.29, 0.717) is 5.75 Å². The molecule has 5 heteroatoms. The molecule has 0 radical (unpaired) electrons. The van der Waals surface area contributed by atoms with E-state index >= 15 is 0 Å². The van der Waals surface area contributed by atoms with Crippen LogP contribution in [0.5, 0.6) is 5.75 Å². The Kier molecular flexibility index (Phi) is 5.61. The van der Waals surface area contributed by atoms with Crippen LogP contribution in [-0.2, 0) is 16.0 Å². The van der Waals surface area contributed by atoms with Crippen molar-refractivity contribution in [1.29, 1.82) is 0 Å². The van der Waals surface area contributed by atoms with Crippen LogP contribution in [0.4, 0.5) is 0 Å². The summed E-state index contributed by atoms with van der Waals surface area (Å²) in [4.78, 5) is 24.5. The van der Waals surface area contributed by atoms with Crippen molar-refractivity contribution in [2.75, 3.05) is 0 Å². The lowest BCUT2D eigenvalue weighted by Gasteiger charge is -2.15. The average molecular weight is 398 g/mol. The van der Waals surface area contributed by atoms with Crippen molar-refractivity contribution in [1.82, 2.24) is 10.9 Å². The molecule has 30 heavy (non-hydrogen) atoms. The van der Waals surface area contributed by atoms with E-state index in [1.54, 1.807) is 6.92 Å². The molecule has 0 saturated carbocycles. The van der Waals surface area contributed by atoms with E-state index in [1.165, 1.54) is 0 Å². The number of carbonyl (C=O) groups is 2. The van der Waals surface area contributed by atoms with E-state index in [2.05, 4.69) is 10.9 Å². The van der Waals surface area contributed by atoms with Crippen LogP contribution in [0.15, 0.2) is 84.9 Å². The summed E-state index contributed by atoms with van der Waals surface area (Å²) in [5, 5.41) is 4.33. The molecule has 0 spiro atoms. The van der Waals surface area contributed by atoms with Crippen molar-refractivity contribution < 1.29 is 14.3 Å². The van der Waals surface area contributed by atoms with E-state index in [4.69, 9.17) is 4.74 Å². The molecular weight excluding hydrogens is 376 g/mol. The molecule has 0 heterocycles. The Bertz CT molecular complexity index is 1220. The molecule has 0 bridgehead atoms. The lowest BCUT2D eigenvalue weighted by Crippen LogP contribution is -2.47. The van der Waals surface area contributed by atoms with Gasteiger partial charge in [-0.05, 0) is 46.2 Å². The number of nitrogens with one attached hydrogen (secondary N) is 2. The number of hydrogen-bond donors (Lipinski definition) is 2. The first-order valence-corrected chi connectivity index (χ1v) is 9.80. The molecule has 0 aliphatic carbocycles. The van der Waals surface area contributed by atoms with Gasteiger partial charge >= 0.3 is 0 Å². The van der Waals surface area contributed by atoms with Gasteiger partial charge in [0, 0.05) is 0 Å². The Hall–Kier alpha value is -3.86. The predicted molar refractivity (Wildman–Crippen MR) is 118 cm³/mol. The van der Waals surface area contributed by atoms with Crippen molar-refractivity contribution in [3.8, 4) is 5.75 Å². The Balaban J connectivity index is 1.30. The number of rotatable bonds is 5. The summed E-state index contributed by atoms with van der Waals surface area (Å²) in [5.74, 6) is -0.120. The minimum absolute atomic E-state index is 0.172. The fraction of sp³-hybridized carbons (Fsp3) is 0.120. The lowest BCUT2D eigenvalue weighted by atomic mass is 10.1. The molecule has 0 aromatic heterocycles. The van der Waals surface area contributed by atoms with Gasteiger partial charge in [-0.3, -0.25) is 20.4 Å². The Morgan fingerprint density at radius 2 is 1.37 bits per heavy atom. The van der Waals surface area contributed by atoms with Gasteiger partial charge in [0.2, 0.25) is 5.91 Å². The van der Waals surface area contributed by atoms with Crippen molar-refractivity contribution in [3.63, 3.8) is 0 Å². The molecule has 2 amide bonds. The number of hydrazine groups is 1. The summed E-state index contributed by atoms with van der Waals surface area (Å²) >= 11 is 0. The maximum atomic E-state index is 12.3. The topological polar surface area (TPSA) is 67.4 Å². The van der Waals surface area contributed by atoms with E-state index in [0.717, 1.165) is 27.1 Å². The van der Waals surface area contributed by atoms with Crippen LogP contribution < -0.4 is 15.6 Å². The Morgan fingerprint density at radius 3 is 2.07 bits per heavy atom. The zero-order valence-electron chi connectivity index (χ0n) is 16.6. The zero-order valence-corrected chi connectivity index (χ0v) is 16.6. The second-order valence-electron chi connectivity index (χ2n) is 7.16. The van der Waals surface area contributed by atoms with Gasteiger partial charge in [-0.2, -0.15) is 0 Å². The van der Waals surface area contributed by atoms with Crippen molar-refractivity contribution in [3.05, 3.63) is 90.5 Å². The highest BCUT2D eigenvalue weighted by molar-refractivity contribution is 5.88. The van der Waals surface area contributed by atoms with Gasteiger partial charge in [0.1, 0.15) is 5.75 Å². The van der Waals surface area contributed by atoms with Gasteiger partial charge in [-0.1, -0.05) is 72.8 Å². The first-order chi connectivity index (χ1) is 14.6. The smallest absolute Gasteiger partial charge is 0.279 e. The van der Waals surface area contributed by atoms with Gasteiger partial charge in [-0.25, -0.2) is 0 Å². The molecule has 4 rings (SSSR count). The summed E-state index contributed by atoms with van der Waals surface area (Å²) in [5.41, 5.74) is 5.77. The maximum absolute atomic E-state index is 12.3. The zero-order chi connectivity index (χ0) is 20.9. The van der Waals surface area contributed by atoms with Crippen LogP contribution in [0.25, 0.3) is 21.5 Å². The van der Waals surface area contributed by atoms with Gasteiger partial charge in [0.05, 0.1) is 6.42 Å². The van der Waals surface area contributed by atoms with Crippen LogP contribution in [0.2, 0.25) is 0 Å². The molecule has 0 aliphatic heterocycles. The molecule has 0 fully saturated rings. The number of carbonyl (C=O) groups excluding carboxylic acids is 2. The largest absolute Gasteiger partial charge is 0.481 e. The normalized spacial score (nSPS) is 11.8. The van der Waals surface area contributed by atoms with Crippen LogP contribution >= 0.6 is 0 Å². The van der Waals surface area contributed by atoms with Crippen LogP contribution in [0.1, 0.15) is 12.5 Å². The fourth-order valence-corrected chi connectivity index (χ4v) is 3.31. The minimum Gasteiger partial charge on any atom is -0.481 e. The summed E-state index contributed by atoms with van der Waals surface area (Å²) in [6.45, 7) is 1.64. The molecule has 1 atom stereocenters. The SMILES string of the molecule is CC(Oc1ccc2ccccc2c1)C(=O)NNC(=O)Cc1ccc2ccccc2c1. The summed E-state index contributed by atoms with van der Waals surface area (Å²) < 4.78 is 5.72. The molecule has 150 valence electrons. The highest BCUT2D eigenvalue weighted by Gasteiger charge is 2.16. The molecule has 5 nitrogen and oxygen atoms in total. The molecule has 4 aromatic rings. The predicted octanol–water partition coefficient (Wildman–Crippen LogP) is 4.15. The molecule has 0 aliphatic rings. The van der Waals surface area contributed by atoms with E-state index < -0.39 is 12.0 Å². The van der Waals surface area contributed by atoms with Gasteiger partial charge in [0.25, 0.3) is 5.91 Å². The van der Waals surface area contributed by atoms with Crippen LogP contribution in [0, 0.1) is 0 Å². The summed E-state index contributed by atoms with van der Waals surface area (Å²) in [6.07, 6.45) is -0.586. The summed E-state index contributed by atoms with van der Waals surface area (Å²) in [7, 11) is 0. The van der Waals surface area contributed by atoms with E-state index in [-0.39, 0.29) is 12.3 Å². The number of hydrogen-bond acceptors (Lipinski definition) is 3. The quantitative estimate of drug-likeness (QED) is 0.496. The number of fused-ring (bicyclic) bond motifs is 2. The standard InChI is InChI=1S/C25H22N2O3/c1-17(30-23-13-12-20-7-3-5-9-22(20)16-23)25(29)27-26-24(28)15-18-10-11-19-6-2-4-8-21(19)14-18/h2-14,16-17H,15H2,1H3,(H,26,28)(H,27,29). The Labute approximate surface area is 174 Å². The Morgan fingerprint density at radius 1 is 0.767 bits per heavy atom. The highest BCUT2D eigenvalue weighted by atomic mass is 16.5. The monoisotopic (exact) mass is 398 g/mol. The minimum atomic E-state index is -0.757. The third kappa shape index (κ3) is 4.58. The lowest BCUT2D eigenvalue weighted by molar-refractivity contribution is -0.132. The second kappa shape index (κ2) is 8.66. The van der Waals surface area contributed by atoms with Crippen molar-refractivity contribution in [2.45, 2.75) is 19.4 Å². The third-order valence-corrected chi connectivity index (χ3v) is 4.91. The summed E-state index contributed by atoms with van der Waals surface area (Å²) in [6, 6.07) is 27.4. The first kappa shape index (κ1) is 19.5. The van der Waals surface area contributed by atoms with Gasteiger partial charge in [-0.15, -0.1) is 0 Å². The molecule has 0 saturated heterocycles. The molecular formula is C25H22N2O3. The average Bonchev–Trinajstić information content (AvgIpc) is 2.77. The van der Waals surface area contributed by atoms with E-state index in [9.17, 15) is 9.59 Å². The van der Waals surface area contributed by atoms with Crippen molar-refractivity contribution >= 4 is 33.4 Å².